The third-order valence-electron chi connectivity index (χ3n) is 2.39. The summed E-state index contributed by atoms with van der Waals surface area (Å²) < 4.78 is 2.07. The summed E-state index contributed by atoms with van der Waals surface area (Å²) >= 11 is 3.15. The van der Waals surface area contributed by atoms with Crippen LogP contribution in [-0.4, -0.2) is 21.8 Å². The van der Waals surface area contributed by atoms with E-state index in [0.717, 1.165) is 5.69 Å². The Morgan fingerprint density at radius 1 is 1.50 bits per heavy atom. The lowest BCUT2D eigenvalue weighted by Crippen LogP contribution is -2.06. The Morgan fingerprint density at radius 2 is 2.28 bits per heavy atom. The van der Waals surface area contributed by atoms with Crippen molar-refractivity contribution in [2.75, 3.05) is 7.05 Å². The van der Waals surface area contributed by atoms with Crippen molar-refractivity contribution in [2.24, 2.45) is 0 Å². The molecule has 1 heterocycles. The van der Waals surface area contributed by atoms with Gasteiger partial charge in [0.2, 0.25) is 0 Å². The van der Waals surface area contributed by atoms with E-state index in [9.17, 15) is 10.1 Å². The number of nitro benzene ring substituents is 1. The van der Waals surface area contributed by atoms with Gasteiger partial charge in [0.05, 0.1) is 20.8 Å². The lowest BCUT2D eigenvalue weighted by Gasteiger charge is -2.02. The van der Waals surface area contributed by atoms with E-state index in [1.807, 2.05) is 13.1 Å². The number of rotatable bonds is 4. The van der Waals surface area contributed by atoms with Crippen molar-refractivity contribution in [1.82, 2.24) is 15.1 Å². The fourth-order valence-electron chi connectivity index (χ4n) is 1.56. The highest BCUT2D eigenvalue weighted by Gasteiger charge is 2.13. The molecule has 0 radical (unpaired) electrons. The van der Waals surface area contributed by atoms with Crippen LogP contribution in [0.5, 0.6) is 0 Å². The fourth-order valence-corrected chi connectivity index (χ4v) is 1.96. The van der Waals surface area contributed by atoms with Gasteiger partial charge in [0.25, 0.3) is 5.69 Å². The first-order valence-electron chi connectivity index (χ1n) is 5.25. The van der Waals surface area contributed by atoms with Gasteiger partial charge < -0.3 is 5.32 Å². The zero-order valence-electron chi connectivity index (χ0n) is 9.63. The normalized spacial score (nSPS) is 10.6. The SMILES string of the molecule is CNCc1ccn(-c2ccc(Br)c([N+](=O)[O-])c2)n1. The summed E-state index contributed by atoms with van der Waals surface area (Å²) in [4.78, 5) is 10.4. The van der Waals surface area contributed by atoms with Gasteiger partial charge in [-0.2, -0.15) is 5.10 Å². The molecule has 0 aliphatic carbocycles. The van der Waals surface area contributed by atoms with Crippen LogP contribution in [-0.2, 0) is 6.54 Å². The predicted octanol–water partition coefficient (Wildman–Crippen LogP) is 2.26. The molecule has 0 aliphatic heterocycles. The summed E-state index contributed by atoms with van der Waals surface area (Å²) in [6.45, 7) is 0.658. The summed E-state index contributed by atoms with van der Waals surface area (Å²) in [7, 11) is 1.84. The van der Waals surface area contributed by atoms with Crippen LogP contribution in [0.3, 0.4) is 0 Å². The number of halogens is 1. The molecule has 2 rings (SSSR count). The third kappa shape index (κ3) is 2.57. The number of hydrogen-bond acceptors (Lipinski definition) is 4. The molecule has 1 aromatic heterocycles. The molecule has 7 heteroatoms. The maximum absolute atomic E-state index is 10.8. The largest absolute Gasteiger partial charge is 0.314 e. The number of nitrogens with one attached hydrogen (secondary N) is 1. The van der Waals surface area contributed by atoms with E-state index >= 15 is 0 Å². The zero-order valence-corrected chi connectivity index (χ0v) is 11.2. The maximum atomic E-state index is 10.8. The van der Waals surface area contributed by atoms with E-state index in [1.165, 1.54) is 6.07 Å². The lowest BCUT2D eigenvalue weighted by atomic mass is 10.3. The first-order chi connectivity index (χ1) is 8.61. The second kappa shape index (κ2) is 5.28. The summed E-state index contributed by atoms with van der Waals surface area (Å²) in [5.41, 5.74) is 1.56. The standard InChI is InChI=1S/C11H11BrN4O2/c1-13-7-8-4-5-15(14-8)9-2-3-10(12)11(6-9)16(17)18/h2-6,13H,7H2,1H3. The van der Waals surface area contributed by atoms with Crippen LogP contribution in [0.1, 0.15) is 5.69 Å². The van der Waals surface area contributed by atoms with Gasteiger partial charge in [-0.1, -0.05) is 0 Å². The summed E-state index contributed by atoms with van der Waals surface area (Å²) in [6, 6.07) is 6.77. The van der Waals surface area contributed by atoms with Crippen LogP contribution in [0.2, 0.25) is 0 Å². The minimum absolute atomic E-state index is 0.0261. The molecule has 0 amide bonds. The van der Waals surface area contributed by atoms with Gasteiger partial charge in [-0.15, -0.1) is 0 Å². The predicted molar refractivity (Wildman–Crippen MR) is 70.7 cm³/mol. The highest BCUT2D eigenvalue weighted by Crippen LogP contribution is 2.26. The monoisotopic (exact) mass is 310 g/mol. The number of benzene rings is 1. The second-order valence-corrected chi connectivity index (χ2v) is 4.53. The van der Waals surface area contributed by atoms with E-state index in [4.69, 9.17) is 0 Å². The van der Waals surface area contributed by atoms with Gasteiger partial charge >= 0.3 is 0 Å². The number of nitrogens with zero attached hydrogens (tertiary/aromatic N) is 3. The quantitative estimate of drug-likeness (QED) is 0.694. The van der Waals surface area contributed by atoms with E-state index in [1.54, 1.807) is 23.0 Å². The van der Waals surface area contributed by atoms with Crippen LogP contribution >= 0.6 is 15.9 Å². The molecule has 2 aromatic rings. The molecule has 0 fully saturated rings. The van der Waals surface area contributed by atoms with Crippen LogP contribution in [0.4, 0.5) is 5.69 Å². The van der Waals surface area contributed by atoms with E-state index < -0.39 is 4.92 Å². The molecule has 0 bridgehead atoms. The number of nitro groups is 1. The van der Waals surface area contributed by atoms with Gasteiger partial charge in [-0.3, -0.25) is 10.1 Å². The maximum Gasteiger partial charge on any atom is 0.285 e. The van der Waals surface area contributed by atoms with Crippen LogP contribution < -0.4 is 5.32 Å². The van der Waals surface area contributed by atoms with E-state index in [2.05, 4.69) is 26.3 Å². The topological polar surface area (TPSA) is 73.0 Å². The van der Waals surface area contributed by atoms with Gasteiger partial charge in [-0.25, -0.2) is 4.68 Å². The molecule has 6 nitrogen and oxygen atoms in total. The molecule has 0 saturated heterocycles. The minimum Gasteiger partial charge on any atom is -0.314 e. The van der Waals surface area contributed by atoms with E-state index in [0.29, 0.717) is 16.7 Å². The van der Waals surface area contributed by atoms with Crippen molar-refractivity contribution in [2.45, 2.75) is 6.54 Å². The summed E-state index contributed by atoms with van der Waals surface area (Å²) in [5, 5.41) is 18.2. The Hall–Kier alpha value is -1.73. The Kier molecular flexibility index (Phi) is 3.73. The van der Waals surface area contributed by atoms with E-state index in [-0.39, 0.29) is 5.69 Å². The molecular formula is C11H11BrN4O2. The lowest BCUT2D eigenvalue weighted by molar-refractivity contribution is -0.385. The third-order valence-corrected chi connectivity index (χ3v) is 3.06. The molecule has 0 unspecified atom stereocenters. The molecule has 18 heavy (non-hydrogen) atoms. The van der Waals surface area contributed by atoms with Crippen molar-refractivity contribution < 1.29 is 4.92 Å². The van der Waals surface area contributed by atoms with Crippen LogP contribution in [0, 0.1) is 10.1 Å². The smallest absolute Gasteiger partial charge is 0.285 e. The first-order valence-corrected chi connectivity index (χ1v) is 6.04. The van der Waals surface area contributed by atoms with Crippen molar-refractivity contribution in [1.29, 1.82) is 0 Å². The Morgan fingerprint density at radius 3 is 2.94 bits per heavy atom. The zero-order chi connectivity index (χ0) is 13.1. The van der Waals surface area contributed by atoms with Gasteiger partial charge in [0.15, 0.2) is 0 Å². The molecular weight excluding hydrogens is 300 g/mol. The average molecular weight is 311 g/mol. The molecule has 94 valence electrons. The highest BCUT2D eigenvalue weighted by atomic mass is 79.9. The Labute approximate surface area is 112 Å². The van der Waals surface area contributed by atoms with Crippen molar-refractivity contribution in [3.63, 3.8) is 0 Å². The molecule has 0 aliphatic rings. The van der Waals surface area contributed by atoms with Gasteiger partial charge in [0.1, 0.15) is 0 Å². The summed E-state index contributed by atoms with van der Waals surface area (Å²) in [6.07, 6.45) is 1.78. The van der Waals surface area contributed by atoms with Crippen molar-refractivity contribution in [3.05, 3.63) is 50.7 Å². The van der Waals surface area contributed by atoms with Gasteiger partial charge in [-0.05, 0) is 41.2 Å². The Bertz CT molecular complexity index is 582. The highest BCUT2D eigenvalue weighted by molar-refractivity contribution is 9.10. The molecule has 0 spiro atoms. The van der Waals surface area contributed by atoms with Crippen molar-refractivity contribution >= 4 is 21.6 Å². The number of aromatic nitrogens is 2. The van der Waals surface area contributed by atoms with Crippen LogP contribution in [0.15, 0.2) is 34.9 Å². The first kappa shape index (κ1) is 12.7. The number of hydrogen-bond donors (Lipinski definition) is 1. The summed E-state index contributed by atoms with van der Waals surface area (Å²) in [5.74, 6) is 0. The Balaban J connectivity index is 2.38. The molecule has 1 aromatic carbocycles. The second-order valence-electron chi connectivity index (χ2n) is 3.67. The molecule has 0 saturated carbocycles. The molecule has 0 atom stereocenters. The molecule has 1 N–H and O–H groups in total. The van der Waals surface area contributed by atoms with Gasteiger partial charge in [0, 0.05) is 18.8 Å². The fraction of sp³-hybridized carbons (Fsp3) is 0.182. The average Bonchev–Trinajstić information content (AvgIpc) is 2.78. The minimum atomic E-state index is -0.425. The van der Waals surface area contributed by atoms with Crippen molar-refractivity contribution in [3.8, 4) is 5.69 Å². The van der Waals surface area contributed by atoms with Crippen LogP contribution in [0.25, 0.3) is 5.69 Å².